The van der Waals surface area contributed by atoms with Gasteiger partial charge in [-0.15, -0.1) is 0 Å². The third kappa shape index (κ3) is 4.69. The van der Waals surface area contributed by atoms with Crippen LogP contribution >= 0.6 is 0 Å². The molecule has 21 heavy (non-hydrogen) atoms. The SMILES string of the molecule is COCCOC(CC=C(C)C)c1ccc2ccccc2c1. The maximum Gasteiger partial charge on any atom is 0.0860 e. The number of rotatable bonds is 7. The Bertz CT molecular complexity index is 597. The number of benzene rings is 2. The first-order valence-corrected chi connectivity index (χ1v) is 7.43. The third-order valence-electron chi connectivity index (χ3n) is 3.49. The Balaban J connectivity index is 2.21. The Morgan fingerprint density at radius 1 is 1.05 bits per heavy atom. The van der Waals surface area contributed by atoms with Crippen molar-refractivity contribution in [3.63, 3.8) is 0 Å². The fourth-order valence-corrected chi connectivity index (χ4v) is 2.32. The van der Waals surface area contributed by atoms with Crippen LogP contribution < -0.4 is 0 Å². The van der Waals surface area contributed by atoms with E-state index in [1.165, 1.54) is 21.9 Å². The van der Waals surface area contributed by atoms with E-state index in [1.807, 2.05) is 0 Å². The van der Waals surface area contributed by atoms with Crippen LogP contribution in [0.25, 0.3) is 10.8 Å². The molecule has 0 aliphatic carbocycles. The molecule has 2 aromatic rings. The minimum absolute atomic E-state index is 0.0830. The predicted molar refractivity (Wildman–Crippen MR) is 88.6 cm³/mol. The van der Waals surface area contributed by atoms with Crippen molar-refractivity contribution in [3.8, 4) is 0 Å². The lowest BCUT2D eigenvalue weighted by Gasteiger charge is -2.18. The molecule has 0 aromatic heterocycles. The highest BCUT2D eigenvalue weighted by molar-refractivity contribution is 5.83. The first-order valence-electron chi connectivity index (χ1n) is 7.43. The van der Waals surface area contributed by atoms with Gasteiger partial charge in [0.2, 0.25) is 0 Å². The molecule has 2 aromatic carbocycles. The highest BCUT2D eigenvalue weighted by Gasteiger charge is 2.11. The summed E-state index contributed by atoms with van der Waals surface area (Å²) in [7, 11) is 1.70. The summed E-state index contributed by atoms with van der Waals surface area (Å²) in [5.41, 5.74) is 2.54. The van der Waals surface area contributed by atoms with Crippen LogP contribution in [-0.2, 0) is 9.47 Å². The summed E-state index contributed by atoms with van der Waals surface area (Å²) in [5.74, 6) is 0. The van der Waals surface area contributed by atoms with Gasteiger partial charge in [-0.05, 0) is 42.7 Å². The molecule has 0 N–H and O–H groups in total. The summed E-state index contributed by atoms with van der Waals surface area (Å²) in [6.45, 7) is 5.47. The molecule has 2 heteroatoms. The van der Waals surface area contributed by atoms with E-state index in [0.717, 1.165) is 6.42 Å². The molecule has 0 aliphatic heterocycles. The fraction of sp³-hybridized carbons (Fsp3) is 0.368. The lowest BCUT2D eigenvalue weighted by Crippen LogP contribution is -2.08. The standard InChI is InChI=1S/C19H24O2/c1-15(2)8-11-19(21-13-12-20-3)18-10-9-16-6-4-5-7-17(16)14-18/h4-10,14,19H,11-13H2,1-3H3. The van der Waals surface area contributed by atoms with Crippen molar-refractivity contribution >= 4 is 10.8 Å². The van der Waals surface area contributed by atoms with Crippen LogP contribution in [0.15, 0.2) is 54.1 Å². The Labute approximate surface area is 127 Å². The van der Waals surface area contributed by atoms with Crippen molar-refractivity contribution in [2.24, 2.45) is 0 Å². The monoisotopic (exact) mass is 284 g/mol. The number of fused-ring (bicyclic) bond motifs is 1. The minimum Gasteiger partial charge on any atom is -0.382 e. The van der Waals surface area contributed by atoms with Crippen molar-refractivity contribution in [2.75, 3.05) is 20.3 Å². The highest BCUT2D eigenvalue weighted by atomic mass is 16.5. The number of methoxy groups -OCH3 is 1. The van der Waals surface area contributed by atoms with Gasteiger partial charge in [0.15, 0.2) is 0 Å². The van der Waals surface area contributed by atoms with E-state index in [4.69, 9.17) is 9.47 Å². The van der Waals surface area contributed by atoms with Gasteiger partial charge in [0, 0.05) is 7.11 Å². The molecule has 2 rings (SSSR count). The van der Waals surface area contributed by atoms with Crippen LogP contribution in [0, 0.1) is 0 Å². The quantitative estimate of drug-likeness (QED) is 0.532. The topological polar surface area (TPSA) is 18.5 Å². The van der Waals surface area contributed by atoms with Gasteiger partial charge in [0.25, 0.3) is 0 Å². The molecule has 1 atom stereocenters. The van der Waals surface area contributed by atoms with Gasteiger partial charge in [-0.3, -0.25) is 0 Å². The van der Waals surface area contributed by atoms with Gasteiger partial charge in [0.1, 0.15) is 0 Å². The second kappa shape index (κ2) is 7.96. The molecule has 0 spiro atoms. The number of allylic oxidation sites excluding steroid dienone is 1. The van der Waals surface area contributed by atoms with Gasteiger partial charge in [-0.25, -0.2) is 0 Å². The maximum absolute atomic E-state index is 6.00. The van der Waals surface area contributed by atoms with Crippen LogP contribution in [-0.4, -0.2) is 20.3 Å². The number of ether oxygens (including phenoxy) is 2. The van der Waals surface area contributed by atoms with Gasteiger partial charge < -0.3 is 9.47 Å². The first-order chi connectivity index (χ1) is 10.2. The van der Waals surface area contributed by atoms with E-state index in [1.54, 1.807) is 7.11 Å². The number of hydrogen-bond donors (Lipinski definition) is 0. The molecule has 0 heterocycles. The Kier molecular flexibility index (Phi) is 5.97. The Morgan fingerprint density at radius 2 is 1.81 bits per heavy atom. The zero-order chi connectivity index (χ0) is 15.1. The fourth-order valence-electron chi connectivity index (χ4n) is 2.32. The average molecular weight is 284 g/mol. The van der Waals surface area contributed by atoms with E-state index in [-0.39, 0.29) is 6.10 Å². The summed E-state index contributed by atoms with van der Waals surface area (Å²) in [5, 5.41) is 2.52. The smallest absolute Gasteiger partial charge is 0.0860 e. The van der Waals surface area contributed by atoms with Gasteiger partial charge in [-0.1, -0.05) is 48.0 Å². The summed E-state index contributed by atoms with van der Waals surface area (Å²) in [6.07, 6.45) is 3.21. The molecule has 0 aliphatic rings. The molecule has 0 bridgehead atoms. The second-order valence-corrected chi connectivity index (χ2v) is 5.48. The molecule has 0 radical (unpaired) electrons. The molecule has 0 amide bonds. The second-order valence-electron chi connectivity index (χ2n) is 5.48. The summed E-state index contributed by atoms with van der Waals surface area (Å²) < 4.78 is 11.1. The normalized spacial score (nSPS) is 12.3. The van der Waals surface area contributed by atoms with Gasteiger partial charge >= 0.3 is 0 Å². The summed E-state index contributed by atoms with van der Waals surface area (Å²) in [4.78, 5) is 0. The van der Waals surface area contributed by atoms with E-state index in [2.05, 4.69) is 62.4 Å². The molecule has 0 fully saturated rings. The molecular formula is C19H24O2. The molecule has 112 valence electrons. The van der Waals surface area contributed by atoms with Crippen molar-refractivity contribution < 1.29 is 9.47 Å². The minimum atomic E-state index is 0.0830. The van der Waals surface area contributed by atoms with Crippen LogP contribution in [0.4, 0.5) is 0 Å². The molecular weight excluding hydrogens is 260 g/mol. The van der Waals surface area contributed by atoms with Crippen molar-refractivity contribution in [1.82, 2.24) is 0 Å². The Morgan fingerprint density at radius 3 is 2.52 bits per heavy atom. The lowest BCUT2D eigenvalue weighted by atomic mass is 10.0. The van der Waals surface area contributed by atoms with Gasteiger partial charge in [-0.2, -0.15) is 0 Å². The zero-order valence-corrected chi connectivity index (χ0v) is 13.1. The average Bonchev–Trinajstić information content (AvgIpc) is 2.50. The zero-order valence-electron chi connectivity index (χ0n) is 13.1. The van der Waals surface area contributed by atoms with Crippen LogP contribution in [0.3, 0.4) is 0 Å². The summed E-state index contributed by atoms with van der Waals surface area (Å²) >= 11 is 0. The van der Waals surface area contributed by atoms with Crippen molar-refractivity contribution in [2.45, 2.75) is 26.4 Å². The molecule has 2 nitrogen and oxygen atoms in total. The molecule has 1 unspecified atom stereocenters. The van der Waals surface area contributed by atoms with E-state index < -0.39 is 0 Å². The summed E-state index contributed by atoms with van der Waals surface area (Å²) in [6, 6.07) is 15.0. The first kappa shape index (κ1) is 15.7. The number of hydrogen-bond acceptors (Lipinski definition) is 2. The maximum atomic E-state index is 6.00. The van der Waals surface area contributed by atoms with E-state index in [9.17, 15) is 0 Å². The lowest BCUT2D eigenvalue weighted by molar-refractivity contribution is 0.0177. The Hall–Kier alpha value is -1.64. The van der Waals surface area contributed by atoms with E-state index in [0.29, 0.717) is 13.2 Å². The largest absolute Gasteiger partial charge is 0.382 e. The highest BCUT2D eigenvalue weighted by Crippen LogP contribution is 2.26. The van der Waals surface area contributed by atoms with E-state index >= 15 is 0 Å². The van der Waals surface area contributed by atoms with Crippen LogP contribution in [0.2, 0.25) is 0 Å². The molecule has 0 saturated carbocycles. The van der Waals surface area contributed by atoms with Gasteiger partial charge in [0.05, 0.1) is 19.3 Å². The molecule has 0 saturated heterocycles. The van der Waals surface area contributed by atoms with Crippen molar-refractivity contribution in [1.29, 1.82) is 0 Å². The van der Waals surface area contributed by atoms with Crippen LogP contribution in [0.1, 0.15) is 31.9 Å². The predicted octanol–water partition coefficient (Wildman–Crippen LogP) is 4.90. The third-order valence-corrected chi connectivity index (χ3v) is 3.49. The van der Waals surface area contributed by atoms with Crippen LogP contribution in [0.5, 0.6) is 0 Å². The van der Waals surface area contributed by atoms with Crippen molar-refractivity contribution in [3.05, 3.63) is 59.7 Å².